The molecule has 12 rings (SSSR count). The summed E-state index contributed by atoms with van der Waals surface area (Å²) in [5, 5.41) is 0. The molecule has 0 spiro atoms. The van der Waals surface area contributed by atoms with Crippen molar-refractivity contribution in [1.29, 1.82) is 0 Å². The second kappa shape index (κ2) is 11.8. The maximum Gasteiger partial charge on any atom is 0.252 e. The van der Waals surface area contributed by atoms with Crippen molar-refractivity contribution in [2.24, 2.45) is 0 Å². The molecule has 0 N–H and O–H groups in total. The zero-order chi connectivity index (χ0) is 43.5. The summed E-state index contributed by atoms with van der Waals surface area (Å²) in [7, 11) is 0. The van der Waals surface area contributed by atoms with Gasteiger partial charge in [0.15, 0.2) is 0 Å². The Bertz CT molecular complexity index is 2730. The first kappa shape index (κ1) is 39.2. The SMILES string of the molecule is Cc1cc2c3c(c1)C1(C)CCCCC1(C)N3c1cc(N3c4ccc(C(C)(C)C)cc4C(C)(C)c4cc(C(C)(C)C)ccc43)cc3c1B2c1cccc2c1N3C1(C)CCCCC21C. The van der Waals surface area contributed by atoms with Crippen LogP contribution in [0.5, 0.6) is 0 Å². The fourth-order valence-electron chi connectivity index (χ4n) is 14.8. The maximum absolute atomic E-state index is 2.95. The quantitative estimate of drug-likeness (QED) is 0.156. The molecule has 5 aromatic carbocycles. The van der Waals surface area contributed by atoms with Crippen molar-refractivity contribution in [3.8, 4) is 0 Å². The Morgan fingerprint density at radius 1 is 0.500 bits per heavy atom. The second-order valence-corrected chi connectivity index (χ2v) is 24.5. The zero-order valence-corrected chi connectivity index (χ0v) is 40.1. The van der Waals surface area contributed by atoms with E-state index in [2.05, 4.69) is 184 Å². The van der Waals surface area contributed by atoms with E-state index < -0.39 is 0 Å². The van der Waals surface area contributed by atoms with Crippen LogP contribution in [0.25, 0.3) is 0 Å². The lowest BCUT2D eigenvalue weighted by atomic mass is 9.33. The lowest BCUT2D eigenvalue weighted by molar-refractivity contribution is 0.194. The van der Waals surface area contributed by atoms with E-state index in [4.69, 9.17) is 0 Å². The molecule has 0 bridgehead atoms. The number of hydrogen-bond donors (Lipinski definition) is 0. The molecule has 4 unspecified atom stereocenters. The Kier molecular flexibility index (Phi) is 7.47. The fraction of sp³-hybridized carbons (Fsp3) is 0.483. The smallest absolute Gasteiger partial charge is 0.252 e. The van der Waals surface area contributed by atoms with Crippen molar-refractivity contribution >= 4 is 62.9 Å². The average molecular weight is 818 g/mol. The molecule has 0 amide bonds. The summed E-state index contributed by atoms with van der Waals surface area (Å²) < 4.78 is 0. The molecule has 0 saturated heterocycles. The number of rotatable bonds is 1. The highest BCUT2D eigenvalue weighted by molar-refractivity contribution is 7.00. The van der Waals surface area contributed by atoms with Crippen molar-refractivity contribution in [2.75, 3.05) is 14.7 Å². The van der Waals surface area contributed by atoms with Gasteiger partial charge >= 0.3 is 0 Å². The van der Waals surface area contributed by atoms with Gasteiger partial charge in [-0.1, -0.05) is 155 Å². The molecule has 2 saturated carbocycles. The third-order valence-electron chi connectivity index (χ3n) is 18.9. The van der Waals surface area contributed by atoms with Crippen molar-refractivity contribution in [1.82, 2.24) is 0 Å². The highest BCUT2D eigenvalue weighted by atomic mass is 15.3. The third-order valence-corrected chi connectivity index (χ3v) is 18.9. The van der Waals surface area contributed by atoms with Crippen LogP contribution in [-0.4, -0.2) is 17.8 Å². The van der Waals surface area contributed by atoms with E-state index >= 15 is 0 Å². The minimum Gasteiger partial charge on any atom is -0.335 e. The predicted octanol–water partition coefficient (Wildman–Crippen LogP) is 13.3. The van der Waals surface area contributed by atoms with E-state index in [1.54, 1.807) is 16.6 Å². The highest BCUT2D eigenvalue weighted by Gasteiger charge is 2.65. The fourth-order valence-corrected chi connectivity index (χ4v) is 14.8. The van der Waals surface area contributed by atoms with Gasteiger partial charge in [-0.15, -0.1) is 0 Å². The Balaban J connectivity index is 1.21. The maximum atomic E-state index is 2.95. The minimum atomic E-state index is -0.185. The van der Waals surface area contributed by atoms with Gasteiger partial charge in [0.25, 0.3) is 6.71 Å². The normalized spacial score (nSPS) is 28.1. The summed E-state index contributed by atoms with van der Waals surface area (Å²) in [5.41, 5.74) is 24.6. The summed E-state index contributed by atoms with van der Waals surface area (Å²) in [4.78, 5) is 8.59. The molecule has 5 aromatic rings. The number of para-hydroxylation sites is 1. The van der Waals surface area contributed by atoms with E-state index in [0.29, 0.717) is 0 Å². The van der Waals surface area contributed by atoms with Crippen molar-refractivity contribution in [3.63, 3.8) is 0 Å². The van der Waals surface area contributed by atoms with Crippen molar-refractivity contribution in [3.05, 3.63) is 118 Å². The summed E-state index contributed by atoms with van der Waals surface area (Å²) in [6.45, 7) is 32.2. The van der Waals surface area contributed by atoms with Crippen LogP contribution in [-0.2, 0) is 27.1 Å². The average Bonchev–Trinajstić information content (AvgIpc) is 3.56. The monoisotopic (exact) mass is 818 g/mol. The number of fused-ring (bicyclic) bond motifs is 12. The standard InChI is InChI=1S/C58H68BN3/c1-35-29-42-51-44(30-35)59-43-20-18-19-39-50(43)61(57(12)27-16-14-25-55(39,57)10)47-33-38(34-48(49(47)59)62(51)58(13)28-17-15-26-56(42,58)11)60-45-23-21-36(52(2,3)4)31-40(45)54(8,9)41-32-37(53(5,6)7)22-24-46(41)60/h18-24,29-34H,14-17,25-28H2,1-13H3. The first-order valence-corrected chi connectivity index (χ1v) is 24.3. The molecule has 318 valence electrons. The minimum absolute atomic E-state index is 0.0315. The molecule has 4 heteroatoms. The Labute approximate surface area is 373 Å². The molecule has 0 aromatic heterocycles. The zero-order valence-electron chi connectivity index (χ0n) is 40.1. The van der Waals surface area contributed by atoms with Crippen molar-refractivity contribution in [2.45, 2.75) is 180 Å². The van der Waals surface area contributed by atoms with Crippen LogP contribution in [0.2, 0.25) is 0 Å². The van der Waals surface area contributed by atoms with Gasteiger partial charge in [0.1, 0.15) is 0 Å². The van der Waals surface area contributed by atoms with Crippen molar-refractivity contribution < 1.29 is 0 Å². The van der Waals surface area contributed by atoms with Gasteiger partial charge in [0.05, 0.1) is 28.1 Å². The van der Waals surface area contributed by atoms with Gasteiger partial charge < -0.3 is 14.7 Å². The van der Waals surface area contributed by atoms with E-state index in [-0.39, 0.29) is 44.9 Å². The van der Waals surface area contributed by atoms with Gasteiger partial charge in [-0.25, -0.2) is 0 Å². The van der Waals surface area contributed by atoms with E-state index in [9.17, 15) is 0 Å². The van der Waals surface area contributed by atoms with Crippen LogP contribution in [0.15, 0.2) is 78.9 Å². The van der Waals surface area contributed by atoms with Crippen LogP contribution in [0.3, 0.4) is 0 Å². The number of hydrogen-bond acceptors (Lipinski definition) is 3. The highest BCUT2D eigenvalue weighted by Crippen LogP contribution is 2.66. The number of aryl methyl sites for hydroxylation is 1. The van der Waals surface area contributed by atoms with Gasteiger partial charge in [0.2, 0.25) is 0 Å². The van der Waals surface area contributed by atoms with Gasteiger partial charge in [0, 0.05) is 39.0 Å². The second-order valence-electron chi connectivity index (χ2n) is 24.5. The van der Waals surface area contributed by atoms with Gasteiger partial charge in [-0.2, -0.15) is 0 Å². The van der Waals surface area contributed by atoms with Crippen LogP contribution in [0.4, 0.5) is 39.8 Å². The first-order valence-electron chi connectivity index (χ1n) is 24.3. The Morgan fingerprint density at radius 2 is 1.00 bits per heavy atom. The van der Waals surface area contributed by atoms with E-state index in [1.165, 1.54) is 130 Å². The van der Waals surface area contributed by atoms with Crippen LogP contribution >= 0.6 is 0 Å². The Hall–Kier alpha value is -4.44. The summed E-state index contributed by atoms with van der Waals surface area (Å²) in [6.07, 6.45) is 10.0. The summed E-state index contributed by atoms with van der Waals surface area (Å²) in [5.74, 6) is 0. The van der Waals surface area contributed by atoms with Crippen LogP contribution in [0, 0.1) is 6.92 Å². The van der Waals surface area contributed by atoms with Crippen LogP contribution in [0.1, 0.15) is 173 Å². The molecule has 2 aliphatic carbocycles. The topological polar surface area (TPSA) is 9.72 Å². The lowest BCUT2D eigenvalue weighted by Crippen LogP contribution is -2.66. The summed E-state index contributed by atoms with van der Waals surface area (Å²) >= 11 is 0. The number of benzene rings is 5. The molecule has 5 aliphatic heterocycles. The number of nitrogens with zero attached hydrogens (tertiary/aromatic N) is 3. The first-order chi connectivity index (χ1) is 29.1. The third kappa shape index (κ3) is 4.51. The van der Waals surface area contributed by atoms with Gasteiger partial charge in [-0.05, 0) is 131 Å². The van der Waals surface area contributed by atoms with E-state index in [0.717, 1.165) is 0 Å². The molecule has 0 radical (unpaired) electrons. The van der Waals surface area contributed by atoms with Gasteiger partial charge in [-0.3, -0.25) is 0 Å². The molecule has 2 fully saturated rings. The van der Waals surface area contributed by atoms with E-state index in [1.807, 2.05) is 0 Å². The molecular weight excluding hydrogens is 749 g/mol. The molecule has 5 heterocycles. The molecular formula is C58H68BN3. The summed E-state index contributed by atoms with van der Waals surface area (Å²) in [6, 6.07) is 32.9. The molecule has 62 heavy (non-hydrogen) atoms. The largest absolute Gasteiger partial charge is 0.335 e. The lowest BCUT2D eigenvalue weighted by Gasteiger charge is -2.55. The molecule has 4 atom stereocenters. The Morgan fingerprint density at radius 3 is 1.53 bits per heavy atom. The molecule has 3 nitrogen and oxygen atoms in total. The number of anilines is 7. The van der Waals surface area contributed by atoms with Crippen LogP contribution < -0.4 is 31.1 Å². The molecule has 7 aliphatic rings. The predicted molar refractivity (Wildman–Crippen MR) is 266 cm³/mol.